The van der Waals surface area contributed by atoms with Crippen LogP contribution in [-0.4, -0.2) is 17.9 Å². The van der Waals surface area contributed by atoms with Crippen LogP contribution in [0.2, 0.25) is 5.02 Å². The Morgan fingerprint density at radius 3 is 2.68 bits per heavy atom. The van der Waals surface area contributed by atoms with E-state index in [1.807, 2.05) is 30.3 Å². The minimum absolute atomic E-state index is 0.199. The maximum absolute atomic E-state index is 11.5. The molecule has 1 amide bonds. The van der Waals surface area contributed by atoms with Gasteiger partial charge >= 0.3 is 0 Å². The number of carbonyl (C=O) groups excluding carboxylic acids is 1. The van der Waals surface area contributed by atoms with Gasteiger partial charge in [0.1, 0.15) is 5.69 Å². The highest BCUT2D eigenvalue weighted by Gasteiger charge is 2.05. The maximum atomic E-state index is 11.5. The number of rotatable bonds is 4. The van der Waals surface area contributed by atoms with Crippen LogP contribution in [0.15, 0.2) is 42.6 Å². The number of hydrogen-bond donors (Lipinski definition) is 2. The number of hydrogen-bond acceptors (Lipinski definition) is 3. The summed E-state index contributed by atoms with van der Waals surface area (Å²) < 4.78 is 0. The summed E-state index contributed by atoms with van der Waals surface area (Å²) in [6, 6.07) is 11.1. The van der Waals surface area contributed by atoms with Crippen LogP contribution < -0.4 is 10.6 Å². The third kappa shape index (κ3) is 3.69. The molecule has 0 atom stereocenters. The average molecular weight is 276 g/mol. The van der Waals surface area contributed by atoms with Gasteiger partial charge in [0.2, 0.25) is 0 Å². The number of anilines is 1. The van der Waals surface area contributed by atoms with Crippen LogP contribution in [0, 0.1) is 0 Å². The van der Waals surface area contributed by atoms with E-state index in [9.17, 15) is 4.79 Å². The summed E-state index contributed by atoms with van der Waals surface area (Å²) >= 11 is 5.83. The van der Waals surface area contributed by atoms with Crippen LogP contribution in [0.1, 0.15) is 16.1 Å². The number of benzene rings is 1. The Labute approximate surface area is 116 Å². The summed E-state index contributed by atoms with van der Waals surface area (Å²) in [5.74, 6) is -0.199. The van der Waals surface area contributed by atoms with Crippen LogP contribution >= 0.6 is 11.6 Å². The van der Waals surface area contributed by atoms with Gasteiger partial charge in [-0.15, -0.1) is 0 Å². The molecule has 0 radical (unpaired) electrons. The molecule has 19 heavy (non-hydrogen) atoms. The predicted octanol–water partition coefficient (Wildman–Crippen LogP) is 2.71. The number of pyridine rings is 1. The van der Waals surface area contributed by atoms with E-state index < -0.39 is 0 Å². The highest BCUT2D eigenvalue weighted by atomic mass is 35.5. The average Bonchev–Trinajstić information content (AvgIpc) is 2.46. The highest BCUT2D eigenvalue weighted by Crippen LogP contribution is 2.13. The summed E-state index contributed by atoms with van der Waals surface area (Å²) in [5.41, 5.74) is 2.36. The second-order valence-corrected chi connectivity index (χ2v) is 4.43. The quantitative estimate of drug-likeness (QED) is 0.902. The van der Waals surface area contributed by atoms with Gasteiger partial charge in [0.25, 0.3) is 5.91 Å². The van der Waals surface area contributed by atoms with E-state index >= 15 is 0 Å². The van der Waals surface area contributed by atoms with Gasteiger partial charge in [-0.2, -0.15) is 0 Å². The third-order valence-corrected chi connectivity index (χ3v) is 2.88. The second-order valence-electron chi connectivity index (χ2n) is 3.99. The van der Waals surface area contributed by atoms with Crippen molar-refractivity contribution in [1.82, 2.24) is 10.3 Å². The lowest BCUT2D eigenvalue weighted by molar-refractivity contribution is 0.0958. The number of halogens is 1. The summed E-state index contributed by atoms with van der Waals surface area (Å²) in [4.78, 5) is 15.5. The van der Waals surface area contributed by atoms with Crippen molar-refractivity contribution in [2.24, 2.45) is 0 Å². The zero-order chi connectivity index (χ0) is 13.7. The van der Waals surface area contributed by atoms with Crippen LogP contribution in [0.3, 0.4) is 0 Å². The van der Waals surface area contributed by atoms with Gasteiger partial charge in [-0.1, -0.05) is 23.7 Å². The summed E-state index contributed by atoms with van der Waals surface area (Å²) in [6.45, 7) is 0.661. The van der Waals surface area contributed by atoms with Gasteiger partial charge in [-0.25, -0.2) is 0 Å². The van der Waals surface area contributed by atoms with E-state index in [4.69, 9.17) is 11.6 Å². The molecule has 1 heterocycles. The van der Waals surface area contributed by atoms with E-state index in [0.717, 1.165) is 16.3 Å². The van der Waals surface area contributed by atoms with Crippen molar-refractivity contribution in [2.45, 2.75) is 6.54 Å². The molecule has 0 saturated carbocycles. The molecule has 1 aromatic heterocycles. The molecular formula is C14H14ClN3O. The van der Waals surface area contributed by atoms with Gasteiger partial charge < -0.3 is 10.6 Å². The number of carbonyl (C=O) groups is 1. The zero-order valence-electron chi connectivity index (χ0n) is 10.5. The lowest BCUT2D eigenvalue weighted by atomic mass is 10.2. The predicted molar refractivity (Wildman–Crippen MR) is 76.4 cm³/mol. The molecule has 98 valence electrons. The molecule has 0 aliphatic carbocycles. The van der Waals surface area contributed by atoms with E-state index in [2.05, 4.69) is 15.6 Å². The Kier molecular flexibility index (Phi) is 4.36. The fourth-order valence-corrected chi connectivity index (χ4v) is 1.73. The number of nitrogens with zero attached hydrogens (tertiary/aromatic N) is 1. The van der Waals surface area contributed by atoms with Gasteiger partial charge in [0.05, 0.1) is 0 Å². The number of aromatic nitrogens is 1. The lowest BCUT2D eigenvalue weighted by Crippen LogP contribution is -2.19. The molecule has 2 aromatic rings. The molecule has 0 fully saturated rings. The Morgan fingerprint density at radius 1 is 1.26 bits per heavy atom. The van der Waals surface area contributed by atoms with Crippen LogP contribution in [0.5, 0.6) is 0 Å². The van der Waals surface area contributed by atoms with Crippen molar-refractivity contribution in [2.75, 3.05) is 12.4 Å². The van der Waals surface area contributed by atoms with Crippen molar-refractivity contribution in [3.05, 3.63) is 58.9 Å². The molecule has 0 saturated heterocycles. The van der Waals surface area contributed by atoms with E-state index in [-0.39, 0.29) is 5.91 Å². The maximum Gasteiger partial charge on any atom is 0.269 e. The first kappa shape index (κ1) is 13.4. The Bertz CT molecular complexity index is 569. The van der Waals surface area contributed by atoms with Crippen molar-refractivity contribution in [1.29, 1.82) is 0 Å². The van der Waals surface area contributed by atoms with Crippen molar-refractivity contribution in [3.8, 4) is 0 Å². The van der Waals surface area contributed by atoms with Crippen molar-refractivity contribution >= 4 is 23.2 Å². The molecule has 4 nitrogen and oxygen atoms in total. The lowest BCUT2D eigenvalue weighted by Gasteiger charge is -2.07. The van der Waals surface area contributed by atoms with Crippen LogP contribution in [-0.2, 0) is 6.54 Å². The summed E-state index contributed by atoms with van der Waals surface area (Å²) in [7, 11) is 1.58. The molecule has 0 unspecified atom stereocenters. The zero-order valence-corrected chi connectivity index (χ0v) is 11.2. The molecule has 1 aromatic carbocycles. The number of nitrogens with one attached hydrogen (secondary N) is 2. The third-order valence-electron chi connectivity index (χ3n) is 2.63. The molecule has 5 heteroatoms. The van der Waals surface area contributed by atoms with E-state index in [1.165, 1.54) is 0 Å². The largest absolute Gasteiger partial charge is 0.381 e. The van der Waals surface area contributed by atoms with Gasteiger partial charge in [0.15, 0.2) is 0 Å². The van der Waals surface area contributed by atoms with Gasteiger partial charge in [0, 0.05) is 30.5 Å². The normalized spacial score (nSPS) is 10.0. The first-order valence-corrected chi connectivity index (χ1v) is 6.23. The topological polar surface area (TPSA) is 54.0 Å². The molecule has 0 aliphatic heterocycles. The first-order chi connectivity index (χ1) is 9.19. The summed E-state index contributed by atoms with van der Waals surface area (Å²) in [5, 5.41) is 6.50. The SMILES string of the molecule is CNC(=O)c1cc(NCc2ccc(Cl)cc2)ccn1. The Morgan fingerprint density at radius 2 is 2.00 bits per heavy atom. The molecule has 2 N–H and O–H groups in total. The van der Waals surface area contributed by atoms with Gasteiger partial charge in [-0.05, 0) is 29.8 Å². The standard InChI is InChI=1S/C14H14ClN3O/c1-16-14(19)13-8-12(6-7-17-13)18-9-10-2-4-11(15)5-3-10/h2-8H,9H2,1H3,(H,16,19)(H,17,18). The minimum Gasteiger partial charge on any atom is -0.381 e. The molecule has 0 bridgehead atoms. The van der Waals surface area contributed by atoms with E-state index in [0.29, 0.717) is 12.2 Å². The highest BCUT2D eigenvalue weighted by molar-refractivity contribution is 6.30. The smallest absolute Gasteiger partial charge is 0.269 e. The van der Waals surface area contributed by atoms with Crippen molar-refractivity contribution < 1.29 is 4.79 Å². The molecular weight excluding hydrogens is 262 g/mol. The fourth-order valence-electron chi connectivity index (χ4n) is 1.60. The minimum atomic E-state index is -0.199. The molecule has 0 aliphatic rings. The van der Waals surface area contributed by atoms with E-state index in [1.54, 1.807) is 19.3 Å². The fraction of sp³-hybridized carbons (Fsp3) is 0.143. The van der Waals surface area contributed by atoms with Crippen molar-refractivity contribution in [3.63, 3.8) is 0 Å². The second kappa shape index (κ2) is 6.20. The van der Waals surface area contributed by atoms with Gasteiger partial charge in [-0.3, -0.25) is 9.78 Å². The number of amides is 1. The molecule has 0 spiro atoms. The van der Waals surface area contributed by atoms with Crippen LogP contribution in [0.4, 0.5) is 5.69 Å². The molecule has 2 rings (SSSR count). The first-order valence-electron chi connectivity index (χ1n) is 5.85. The Balaban J connectivity index is 2.03. The summed E-state index contributed by atoms with van der Waals surface area (Å²) in [6.07, 6.45) is 1.61. The Hall–Kier alpha value is -2.07. The monoisotopic (exact) mass is 275 g/mol. The van der Waals surface area contributed by atoms with Crippen LogP contribution in [0.25, 0.3) is 0 Å².